The van der Waals surface area contributed by atoms with Crippen LogP contribution in [0.5, 0.6) is 0 Å². The summed E-state index contributed by atoms with van der Waals surface area (Å²) in [6, 6.07) is 0. The molecule has 1 saturated heterocycles. The van der Waals surface area contributed by atoms with Crippen LogP contribution in [0.2, 0.25) is 0 Å². The number of amides is 1. The monoisotopic (exact) mass is 203 g/mol. The van der Waals surface area contributed by atoms with Crippen LogP contribution in [0.3, 0.4) is 0 Å². The Morgan fingerprint density at radius 2 is 2.46 bits per heavy atom. The van der Waals surface area contributed by atoms with Gasteiger partial charge in [0.05, 0.1) is 11.8 Å². The molecule has 0 aliphatic carbocycles. The van der Waals surface area contributed by atoms with Gasteiger partial charge in [-0.15, -0.1) is 11.8 Å². The summed E-state index contributed by atoms with van der Waals surface area (Å²) in [5.41, 5.74) is 5.56. The van der Waals surface area contributed by atoms with Crippen LogP contribution in [0.25, 0.3) is 0 Å². The van der Waals surface area contributed by atoms with Crippen molar-refractivity contribution in [2.24, 2.45) is 5.73 Å². The molecule has 4 nitrogen and oxygen atoms in total. The van der Waals surface area contributed by atoms with Crippen molar-refractivity contribution in [3.8, 4) is 0 Å². The zero-order valence-electron chi connectivity index (χ0n) is 7.88. The number of carbonyl (C=O) groups excluding carboxylic acids is 1. The quantitative estimate of drug-likeness (QED) is 0.571. The van der Waals surface area contributed by atoms with E-state index in [1.54, 1.807) is 11.8 Å². The normalized spacial score (nSPS) is 28.6. The zero-order chi connectivity index (χ0) is 9.68. The van der Waals surface area contributed by atoms with Gasteiger partial charge in [-0.25, -0.2) is 0 Å². The van der Waals surface area contributed by atoms with Gasteiger partial charge in [0, 0.05) is 0 Å². The van der Waals surface area contributed by atoms with Crippen molar-refractivity contribution in [2.45, 2.75) is 37.8 Å². The lowest BCUT2D eigenvalue weighted by atomic mass is 10.3. The average Bonchev–Trinajstić information content (AvgIpc) is 2.03. The molecule has 0 bridgehead atoms. The first-order chi connectivity index (χ1) is 6.22. The maximum atomic E-state index is 11.1. The predicted molar refractivity (Wildman–Crippen MR) is 55.0 cm³/mol. The second-order valence-corrected chi connectivity index (χ2v) is 4.44. The second kappa shape index (κ2) is 5.47. The van der Waals surface area contributed by atoms with E-state index in [2.05, 4.69) is 17.6 Å². The fourth-order valence-electron chi connectivity index (χ4n) is 1.18. The SMILES string of the molecule is CCCCSC1CC(=O)NC(N)N1. The van der Waals surface area contributed by atoms with E-state index in [9.17, 15) is 4.79 Å². The first kappa shape index (κ1) is 10.8. The van der Waals surface area contributed by atoms with E-state index in [1.165, 1.54) is 12.8 Å². The summed E-state index contributed by atoms with van der Waals surface area (Å²) < 4.78 is 0. The van der Waals surface area contributed by atoms with Gasteiger partial charge in [0.15, 0.2) is 0 Å². The Morgan fingerprint density at radius 3 is 3.08 bits per heavy atom. The topological polar surface area (TPSA) is 67.2 Å². The molecule has 0 radical (unpaired) electrons. The molecule has 0 saturated carbocycles. The second-order valence-electron chi connectivity index (χ2n) is 3.13. The van der Waals surface area contributed by atoms with E-state index >= 15 is 0 Å². The number of carbonyl (C=O) groups is 1. The molecule has 0 aromatic carbocycles. The Bertz CT molecular complexity index is 177. The number of thioether (sulfide) groups is 1. The number of nitrogens with two attached hydrogens (primary N) is 1. The predicted octanol–water partition coefficient (Wildman–Crippen LogP) is 0.198. The molecular formula is C8H17N3OS. The Balaban J connectivity index is 2.21. The lowest BCUT2D eigenvalue weighted by Crippen LogP contribution is -2.59. The Morgan fingerprint density at radius 1 is 1.69 bits per heavy atom. The van der Waals surface area contributed by atoms with Crippen LogP contribution in [-0.4, -0.2) is 23.3 Å². The molecule has 1 aliphatic heterocycles. The van der Waals surface area contributed by atoms with Gasteiger partial charge in [0.2, 0.25) is 5.91 Å². The number of rotatable bonds is 4. The number of nitrogens with one attached hydrogen (secondary N) is 2. The summed E-state index contributed by atoms with van der Waals surface area (Å²) in [6.45, 7) is 2.16. The van der Waals surface area contributed by atoms with Gasteiger partial charge >= 0.3 is 0 Å². The summed E-state index contributed by atoms with van der Waals surface area (Å²) in [7, 11) is 0. The molecule has 13 heavy (non-hydrogen) atoms. The molecule has 1 fully saturated rings. The molecule has 0 aromatic heterocycles. The minimum atomic E-state index is -0.375. The third-order valence-electron chi connectivity index (χ3n) is 1.87. The molecule has 2 atom stereocenters. The Labute approximate surface area is 83.0 Å². The zero-order valence-corrected chi connectivity index (χ0v) is 8.69. The fraction of sp³-hybridized carbons (Fsp3) is 0.875. The summed E-state index contributed by atoms with van der Waals surface area (Å²) >= 11 is 1.78. The van der Waals surface area contributed by atoms with Crippen LogP contribution in [-0.2, 0) is 4.79 Å². The van der Waals surface area contributed by atoms with Gasteiger partial charge in [0.1, 0.15) is 6.29 Å². The molecule has 1 rings (SSSR count). The van der Waals surface area contributed by atoms with Crippen molar-refractivity contribution in [2.75, 3.05) is 5.75 Å². The fourth-order valence-corrected chi connectivity index (χ4v) is 2.43. The molecular weight excluding hydrogens is 186 g/mol. The van der Waals surface area contributed by atoms with Crippen molar-refractivity contribution in [1.82, 2.24) is 10.6 Å². The molecule has 76 valence electrons. The van der Waals surface area contributed by atoms with Gasteiger partial charge in [-0.2, -0.15) is 0 Å². The highest BCUT2D eigenvalue weighted by molar-refractivity contribution is 7.99. The maximum absolute atomic E-state index is 11.1. The summed E-state index contributed by atoms with van der Waals surface area (Å²) in [6.07, 6.45) is 2.54. The van der Waals surface area contributed by atoms with Crippen LogP contribution in [0.15, 0.2) is 0 Å². The molecule has 2 unspecified atom stereocenters. The third-order valence-corrected chi connectivity index (χ3v) is 3.10. The van der Waals surface area contributed by atoms with Gasteiger partial charge in [-0.05, 0) is 12.2 Å². The van der Waals surface area contributed by atoms with Crippen molar-refractivity contribution in [1.29, 1.82) is 0 Å². The van der Waals surface area contributed by atoms with Crippen LogP contribution in [0, 0.1) is 0 Å². The van der Waals surface area contributed by atoms with Gasteiger partial charge < -0.3 is 5.32 Å². The van der Waals surface area contributed by atoms with Gasteiger partial charge in [0.25, 0.3) is 0 Å². The lowest BCUT2D eigenvalue weighted by Gasteiger charge is -2.28. The third kappa shape index (κ3) is 3.97. The highest BCUT2D eigenvalue weighted by Gasteiger charge is 2.22. The molecule has 1 amide bonds. The van der Waals surface area contributed by atoms with E-state index < -0.39 is 0 Å². The van der Waals surface area contributed by atoms with Crippen LogP contribution in [0.1, 0.15) is 26.2 Å². The molecule has 1 aliphatic rings. The van der Waals surface area contributed by atoms with Gasteiger partial charge in [-0.3, -0.25) is 15.8 Å². The molecule has 4 N–H and O–H groups in total. The van der Waals surface area contributed by atoms with E-state index in [0.717, 1.165) is 5.75 Å². The van der Waals surface area contributed by atoms with E-state index in [0.29, 0.717) is 6.42 Å². The van der Waals surface area contributed by atoms with Crippen LogP contribution < -0.4 is 16.4 Å². The highest BCUT2D eigenvalue weighted by atomic mass is 32.2. The van der Waals surface area contributed by atoms with E-state index in [-0.39, 0.29) is 17.6 Å². The molecule has 0 aromatic rings. The standard InChI is InChI=1S/C8H17N3OS/c1-2-3-4-13-7-5-6(12)10-8(9)11-7/h7-8,11H,2-5,9H2,1H3,(H,10,12). The molecule has 0 spiro atoms. The number of hydrogen-bond acceptors (Lipinski definition) is 4. The van der Waals surface area contributed by atoms with Crippen molar-refractivity contribution >= 4 is 17.7 Å². The molecule has 1 heterocycles. The minimum Gasteiger partial charge on any atom is -0.328 e. The Hall–Kier alpha value is -0.260. The Kier molecular flexibility index (Phi) is 4.55. The smallest absolute Gasteiger partial charge is 0.224 e. The first-order valence-electron chi connectivity index (χ1n) is 4.65. The van der Waals surface area contributed by atoms with Gasteiger partial charge in [-0.1, -0.05) is 13.3 Å². The minimum absolute atomic E-state index is 0.0419. The largest absolute Gasteiger partial charge is 0.328 e. The highest BCUT2D eigenvalue weighted by Crippen LogP contribution is 2.16. The van der Waals surface area contributed by atoms with Crippen LogP contribution in [0.4, 0.5) is 0 Å². The summed E-state index contributed by atoms with van der Waals surface area (Å²) in [4.78, 5) is 11.1. The van der Waals surface area contributed by atoms with E-state index in [1.807, 2.05) is 0 Å². The summed E-state index contributed by atoms with van der Waals surface area (Å²) in [5.74, 6) is 1.13. The summed E-state index contributed by atoms with van der Waals surface area (Å²) in [5, 5.41) is 5.92. The van der Waals surface area contributed by atoms with Crippen molar-refractivity contribution < 1.29 is 4.79 Å². The average molecular weight is 203 g/mol. The lowest BCUT2D eigenvalue weighted by molar-refractivity contribution is -0.123. The van der Waals surface area contributed by atoms with Crippen LogP contribution >= 0.6 is 11.8 Å². The maximum Gasteiger partial charge on any atom is 0.224 e. The molecule has 5 heteroatoms. The number of hydrogen-bond donors (Lipinski definition) is 3. The van der Waals surface area contributed by atoms with Crippen molar-refractivity contribution in [3.63, 3.8) is 0 Å². The van der Waals surface area contributed by atoms with Crippen molar-refractivity contribution in [3.05, 3.63) is 0 Å². The first-order valence-corrected chi connectivity index (χ1v) is 5.70. The van der Waals surface area contributed by atoms with E-state index in [4.69, 9.17) is 5.73 Å². The number of unbranched alkanes of at least 4 members (excludes halogenated alkanes) is 1.